The van der Waals surface area contributed by atoms with E-state index in [1.165, 1.54) is 0 Å². The molecule has 1 fully saturated rings. The van der Waals surface area contributed by atoms with Crippen LogP contribution in [0.1, 0.15) is 28.8 Å². The second-order valence-electron chi connectivity index (χ2n) is 6.08. The number of amides is 2. The van der Waals surface area contributed by atoms with Gasteiger partial charge < -0.3 is 4.90 Å². The molecule has 0 bridgehead atoms. The number of rotatable bonds is 4. The topological polar surface area (TPSA) is 40.6 Å². The van der Waals surface area contributed by atoms with Crippen LogP contribution in [0.25, 0.3) is 0 Å². The van der Waals surface area contributed by atoms with Crippen molar-refractivity contribution < 1.29 is 9.59 Å². The van der Waals surface area contributed by atoms with Crippen molar-refractivity contribution in [3.63, 3.8) is 0 Å². The Morgan fingerprint density at radius 1 is 1.16 bits per heavy atom. The van der Waals surface area contributed by atoms with Gasteiger partial charge in [-0.1, -0.05) is 29.3 Å². The molecule has 0 atom stereocenters. The maximum atomic E-state index is 13.0. The Morgan fingerprint density at radius 3 is 2.48 bits per heavy atom. The summed E-state index contributed by atoms with van der Waals surface area (Å²) in [5, 5.41) is 1.15. The summed E-state index contributed by atoms with van der Waals surface area (Å²) in [5.74, 6) is -0.136. The molecule has 0 N–H and O–H groups in total. The van der Waals surface area contributed by atoms with Gasteiger partial charge in [0.15, 0.2) is 0 Å². The third-order valence-corrected chi connectivity index (χ3v) is 4.95. The van der Waals surface area contributed by atoms with Crippen LogP contribution in [-0.4, -0.2) is 29.9 Å². The fourth-order valence-electron chi connectivity index (χ4n) is 2.79. The van der Waals surface area contributed by atoms with Crippen molar-refractivity contribution in [3.05, 3.63) is 63.6 Å². The normalized spacial score (nSPS) is 14.0. The molecule has 4 nitrogen and oxygen atoms in total. The van der Waals surface area contributed by atoms with Gasteiger partial charge in [0.25, 0.3) is 5.91 Å². The smallest absolute Gasteiger partial charge is 0.259 e. The van der Waals surface area contributed by atoms with E-state index in [0.29, 0.717) is 34.3 Å². The summed E-state index contributed by atoms with van der Waals surface area (Å²) >= 11 is 12.2. The molecule has 1 aliphatic rings. The number of hydrogen-bond acceptors (Lipinski definition) is 2. The Morgan fingerprint density at radius 2 is 1.88 bits per heavy atom. The molecule has 0 saturated carbocycles. The van der Waals surface area contributed by atoms with E-state index in [4.69, 9.17) is 23.2 Å². The lowest BCUT2D eigenvalue weighted by atomic mass is 10.1. The first-order chi connectivity index (χ1) is 12.0. The van der Waals surface area contributed by atoms with Crippen LogP contribution in [0.3, 0.4) is 0 Å². The van der Waals surface area contributed by atoms with Gasteiger partial charge in [-0.05, 0) is 55.3 Å². The zero-order valence-electron chi connectivity index (χ0n) is 13.8. The summed E-state index contributed by atoms with van der Waals surface area (Å²) < 4.78 is 0. The van der Waals surface area contributed by atoms with Gasteiger partial charge in [-0.25, -0.2) is 0 Å². The zero-order valence-corrected chi connectivity index (χ0v) is 15.3. The van der Waals surface area contributed by atoms with Gasteiger partial charge in [0.1, 0.15) is 6.67 Å². The molecule has 0 aliphatic carbocycles. The summed E-state index contributed by atoms with van der Waals surface area (Å²) in [6.45, 7) is 2.77. The van der Waals surface area contributed by atoms with Crippen LogP contribution in [0.15, 0.2) is 42.5 Å². The van der Waals surface area contributed by atoms with Crippen molar-refractivity contribution in [2.24, 2.45) is 0 Å². The summed E-state index contributed by atoms with van der Waals surface area (Å²) in [4.78, 5) is 28.3. The Hall–Kier alpha value is -2.04. The number of hydrogen-bond donors (Lipinski definition) is 0. The van der Waals surface area contributed by atoms with E-state index >= 15 is 0 Å². The number of likely N-dealkylation sites (tertiary alicyclic amines) is 1. The number of anilines is 1. The Bertz CT molecular complexity index is 806. The summed E-state index contributed by atoms with van der Waals surface area (Å²) in [5.41, 5.74) is 2.10. The van der Waals surface area contributed by atoms with Crippen molar-refractivity contribution in [3.8, 4) is 0 Å². The summed E-state index contributed by atoms with van der Waals surface area (Å²) in [6.07, 6.45) is 1.34. The first-order valence-electron chi connectivity index (χ1n) is 8.07. The van der Waals surface area contributed by atoms with Gasteiger partial charge in [-0.3, -0.25) is 14.5 Å². The minimum Gasteiger partial charge on any atom is -0.324 e. The van der Waals surface area contributed by atoms with Crippen molar-refractivity contribution >= 4 is 40.7 Å². The van der Waals surface area contributed by atoms with Crippen LogP contribution in [0.5, 0.6) is 0 Å². The molecule has 1 aliphatic heterocycles. The van der Waals surface area contributed by atoms with Crippen molar-refractivity contribution in [1.29, 1.82) is 0 Å². The second kappa shape index (κ2) is 7.46. The Kier molecular flexibility index (Phi) is 5.30. The first kappa shape index (κ1) is 17.8. The third-order valence-electron chi connectivity index (χ3n) is 4.29. The third kappa shape index (κ3) is 3.97. The average molecular weight is 377 g/mol. The van der Waals surface area contributed by atoms with E-state index in [-0.39, 0.29) is 18.5 Å². The van der Waals surface area contributed by atoms with E-state index in [1.807, 2.05) is 19.1 Å². The molecule has 130 valence electrons. The van der Waals surface area contributed by atoms with E-state index in [1.54, 1.807) is 40.1 Å². The molecular weight excluding hydrogens is 359 g/mol. The number of aryl methyl sites for hydroxylation is 1. The molecule has 0 radical (unpaired) electrons. The fourth-order valence-corrected chi connectivity index (χ4v) is 3.09. The molecule has 1 heterocycles. The van der Waals surface area contributed by atoms with Gasteiger partial charge >= 0.3 is 0 Å². The SMILES string of the molecule is Cc1ccc(N(CN2CCCC2=O)C(=O)c2ccc(Cl)cc2)cc1Cl. The molecule has 0 aromatic heterocycles. The maximum Gasteiger partial charge on any atom is 0.259 e. The Balaban J connectivity index is 1.95. The Labute approximate surface area is 156 Å². The predicted molar refractivity (Wildman–Crippen MR) is 100 cm³/mol. The highest BCUT2D eigenvalue weighted by Gasteiger charge is 2.26. The largest absolute Gasteiger partial charge is 0.324 e. The maximum absolute atomic E-state index is 13.0. The minimum absolute atomic E-state index is 0.0621. The minimum atomic E-state index is -0.198. The number of carbonyl (C=O) groups is 2. The van der Waals surface area contributed by atoms with Crippen LogP contribution in [0.2, 0.25) is 10.0 Å². The lowest BCUT2D eigenvalue weighted by Crippen LogP contribution is -2.42. The van der Waals surface area contributed by atoms with Crippen LogP contribution < -0.4 is 4.90 Å². The molecule has 3 rings (SSSR count). The molecule has 6 heteroatoms. The molecule has 1 saturated heterocycles. The standard InChI is InChI=1S/C19H18Cl2N2O2/c1-13-4-9-16(11-17(13)21)23(12-22-10-2-3-18(22)24)19(25)14-5-7-15(20)8-6-14/h4-9,11H,2-3,10,12H2,1H3. The quantitative estimate of drug-likeness (QED) is 0.786. The van der Waals surface area contributed by atoms with Gasteiger partial charge in [0, 0.05) is 34.3 Å². The summed E-state index contributed by atoms with van der Waals surface area (Å²) in [7, 11) is 0. The van der Waals surface area contributed by atoms with Crippen molar-refractivity contribution in [1.82, 2.24) is 4.90 Å². The highest BCUT2D eigenvalue weighted by atomic mass is 35.5. The first-order valence-corrected chi connectivity index (χ1v) is 8.82. The monoisotopic (exact) mass is 376 g/mol. The molecule has 25 heavy (non-hydrogen) atoms. The number of benzene rings is 2. The molecule has 0 unspecified atom stereocenters. The number of carbonyl (C=O) groups excluding carboxylic acids is 2. The summed E-state index contributed by atoms with van der Waals surface area (Å²) in [6, 6.07) is 12.2. The molecule has 2 amide bonds. The average Bonchev–Trinajstić information content (AvgIpc) is 3.00. The molecule has 2 aromatic rings. The van der Waals surface area contributed by atoms with Crippen molar-refractivity contribution in [2.75, 3.05) is 18.1 Å². The van der Waals surface area contributed by atoms with Gasteiger partial charge in [-0.2, -0.15) is 0 Å². The van der Waals surface area contributed by atoms with E-state index in [9.17, 15) is 9.59 Å². The van der Waals surface area contributed by atoms with Crippen LogP contribution in [0, 0.1) is 6.92 Å². The highest BCUT2D eigenvalue weighted by molar-refractivity contribution is 6.31. The fraction of sp³-hybridized carbons (Fsp3) is 0.263. The van der Waals surface area contributed by atoms with E-state index < -0.39 is 0 Å². The molecular formula is C19H18Cl2N2O2. The lowest BCUT2D eigenvalue weighted by molar-refractivity contribution is -0.127. The molecule has 2 aromatic carbocycles. The van der Waals surface area contributed by atoms with Crippen LogP contribution in [0.4, 0.5) is 5.69 Å². The lowest BCUT2D eigenvalue weighted by Gasteiger charge is -2.28. The predicted octanol–water partition coefficient (Wildman–Crippen LogP) is 4.53. The van der Waals surface area contributed by atoms with Gasteiger partial charge in [0.05, 0.1) is 0 Å². The highest BCUT2D eigenvalue weighted by Crippen LogP contribution is 2.26. The van der Waals surface area contributed by atoms with Crippen molar-refractivity contribution in [2.45, 2.75) is 19.8 Å². The van der Waals surface area contributed by atoms with Gasteiger partial charge in [0.2, 0.25) is 5.91 Å². The van der Waals surface area contributed by atoms with E-state index in [2.05, 4.69) is 0 Å². The van der Waals surface area contributed by atoms with Gasteiger partial charge in [-0.15, -0.1) is 0 Å². The van der Waals surface area contributed by atoms with Crippen LogP contribution in [-0.2, 0) is 4.79 Å². The second-order valence-corrected chi connectivity index (χ2v) is 6.92. The molecule has 0 spiro atoms. The number of halogens is 2. The van der Waals surface area contributed by atoms with Crippen LogP contribution >= 0.6 is 23.2 Å². The zero-order chi connectivity index (χ0) is 18.0. The van der Waals surface area contributed by atoms with E-state index in [0.717, 1.165) is 12.0 Å². The number of nitrogens with zero attached hydrogens (tertiary/aromatic N) is 2.